The molecule has 1 N–H and O–H groups in total. The molecule has 3 aromatic rings. The van der Waals surface area contributed by atoms with Crippen LogP contribution in [0.1, 0.15) is 23.1 Å². The van der Waals surface area contributed by atoms with Gasteiger partial charge in [-0.15, -0.1) is 0 Å². The number of rotatable bonds is 8. The molecule has 0 atom stereocenters. The van der Waals surface area contributed by atoms with E-state index in [0.29, 0.717) is 29.4 Å². The Balaban J connectivity index is 1.39. The third-order valence-corrected chi connectivity index (χ3v) is 5.58. The van der Waals surface area contributed by atoms with Crippen LogP contribution in [0.3, 0.4) is 0 Å². The standard InChI is InChI=1S/C27H28N2O4/c1-19-10-11-20(2)25(15-19)32-17-26(30)28-22-12-13-24-23(16-22)29(27(31)18-33-24)14-6-9-21-7-4-3-5-8-21/h3-5,7-8,10-13,15-16H,6,9,14,17-18H2,1-2H3,(H,28,30). The van der Waals surface area contributed by atoms with Crippen LogP contribution in [0, 0.1) is 13.8 Å². The number of amides is 2. The second-order valence-corrected chi connectivity index (χ2v) is 8.21. The predicted octanol–water partition coefficient (Wildman–Crippen LogP) is 4.68. The van der Waals surface area contributed by atoms with Crippen molar-refractivity contribution in [1.82, 2.24) is 0 Å². The van der Waals surface area contributed by atoms with E-state index >= 15 is 0 Å². The first-order valence-electron chi connectivity index (χ1n) is 11.1. The number of anilines is 2. The van der Waals surface area contributed by atoms with Gasteiger partial charge in [-0.25, -0.2) is 0 Å². The maximum absolute atomic E-state index is 12.5. The monoisotopic (exact) mass is 444 g/mol. The zero-order valence-electron chi connectivity index (χ0n) is 19.0. The smallest absolute Gasteiger partial charge is 0.265 e. The van der Waals surface area contributed by atoms with E-state index in [1.165, 1.54) is 5.56 Å². The molecule has 0 aliphatic carbocycles. The van der Waals surface area contributed by atoms with Gasteiger partial charge in [0, 0.05) is 12.2 Å². The van der Waals surface area contributed by atoms with Crippen LogP contribution in [0.25, 0.3) is 0 Å². The molecular formula is C27H28N2O4. The molecule has 0 bridgehead atoms. The van der Waals surface area contributed by atoms with Gasteiger partial charge in [-0.05, 0) is 67.6 Å². The topological polar surface area (TPSA) is 67.9 Å². The Labute approximate surface area is 194 Å². The molecule has 2 amide bonds. The van der Waals surface area contributed by atoms with E-state index in [1.807, 2.05) is 50.2 Å². The molecular weight excluding hydrogens is 416 g/mol. The number of nitrogens with one attached hydrogen (secondary N) is 1. The lowest BCUT2D eigenvalue weighted by Gasteiger charge is -2.30. The largest absolute Gasteiger partial charge is 0.483 e. The number of aryl methyl sites for hydroxylation is 3. The van der Waals surface area contributed by atoms with Crippen molar-refractivity contribution in [3.8, 4) is 11.5 Å². The molecule has 0 saturated heterocycles. The third-order valence-electron chi connectivity index (χ3n) is 5.58. The summed E-state index contributed by atoms with van der Waals surface area (Å²) >= 11 is 0. The van der Waals surface area contributed by atoms with Gasteiger partial charge in [0.25, 0.3) is 11.8 Å². The van der Waals surface area contributed by atoms with Gasteiger partial charge in [0.1, 0.15) is 11.5 Å². The van der Waals surface area contributed by atoms with Crippen molar-refractivity contribution < 1.29 is 19.1 Å². The van der Waals surface area contributed by atoms with Crippen molar-refractivity contribution in [3.05, 3.63) is 83.4 Å². The molecule has 0 spiro atoms. The summed E-state index contributed by atoms with van der Waals surface area (Å²) in [6, 6.07) is 21.4. The van der Waals surface area contributed by atoms with Gasteiger partial charge in [0.05, 0.1) is 5.69 Å². The normalized spacial score (nSPS) is 12.7. The fourth-order valence-corrected chi connectivity index (χ4v) is 3.81. The van der Waals surface area contributed by atoms with Crippen LogP contribution < -0.4 is 19.7 Å². The molecule has 1 aliphatic heterocycles. The first-order chi connectivity index (χ1) is 16.0. The quantitative estimate of drug-likeness (QED) is 0.548. The number of fused-ring (bicyclic) bond motifs is 1. The third kappa shape index (κ3) is 5.71. The summed E-state index contributed by atoms with van der Waals surface area (Å²) < 4.78 is 11.3. The average Bonchev–Trinajstić information content (AvgIpc) is 2.82. The van der Waals surface area contributed by atoms with Gasteiger partial charge < -0.3 is 19.7 Å². The van der Waals surface area contributed by atoms with Crippen molar-refractivity contribution in [2.75, 3.05) is 30.0 Å². The number of benzene rings is 3. The van der Waals surface area contributed by atoms with Crippen LogP contribution in [-0.4, -0.2) is 31.6 Å². The number of carbonyl (C=O) groups excluding carboxylic acids is 2. The fraction of sp³-hybridized carbons (Fsp3) is 0.259. The molecule has 1 aliphatic rings. The Hall–Kier alpha value is -3.80. The molecule has 3 aromatic carbocycles. The highest BCUT2D eigenvalue weighted by Gasteiger charge is 2.25. The number of ether oxygens (including phenoxy) is 2. The lowest BCUT2D eigenvalue weighted by molar-refractivity contribution is -0.121. The van der Waals surface area contributed by atoms with Gasteiger partial charge in [-0.1, -0.05) is 42.5 Å². The van der Waals surface area contributed by atoms with Crippen LogP contribution in [0.2, 0.25) is 0 Å². The summed E-state index contributed by atoms with van der Waals surface area (Å²) in [5.74, 6) is 0.977. The molecule has 0 fully saturated rings. The van der Waals surface area contributed by atoms with Crippen molar-refractivity contribution in [2.45, 2.75) is 26.7 Å². The number of carbonyl (C=O) groups is 2. The maximum atomic E-state index is 12.5. The summed E-state index contributed by atoms with van der Waals surface area (Å²) in [4.78, 5) is 26.8. The van der Waals surface area contributed by atoms with E-state index < -0.39 is 0 Å². The molecule has 6 nitrogen and oxygen atoms in total. The van der Waals surface area contributed by atoms with E-state index in [1.54, 1.807) is 23.1 Å². The molecule has 1 heterocycles. The summed E-state index contributed by atoms with van der Waals surface area (Å²) in [6.07, 6.45) is 1.71. The van der Waals surface area contributed by atoms with Gasteiger partial charge in [-0.2, -0.15) is 0 Å². The van der Waals surface area contributed by atoms with Crippen molar-refractivity contribution in [1.29, 1.82) is 0 Å². The number of hydrogen-bond donors (Lipinski definition) is 1. The molecule has 33 heavy (non-hydrogen) atoms. The highest BCUT2D eigenvalue weighted by atomic mass is 16.5. The van der Waals surface area contributed by atoms with E-state index in [0.717, 1.165) is 24.0 Å². The zero-order chi connectivity index (χ0) is 23.2. The van der Waals surface area contributed by atoms with Crippen molar-refractivity contribution in [3.63, 3.8) is 0 Å². The Morgan fingerprint density at radius 3 is 2.70 bits per heavy atom. The lowest BCUT2D eigenvalue weighted by Crippen LogP contribution is -2.39. The predicted molar refractivity (Wildman–Crippen MR) is 129 cm³/mol. The molecule has 0 saturated carbocycles. The first-order valence-corrected chi connectivity index (χ1v) is 11.1. The van der Waals surface area contributed by atoms with Crippen LogP contribution in [0.4, 0.5) is 11.4 Å². The van der Waals surface area contributed by atoms with E-state index in [4.69, 9.17) is 9.47 Å². The van der Waals surface area contributed by atoms with Crippen molar-refractivity contribution >= 4 is 23.2 Å². The Kier molecular flexibility index (Phi) is 6.93. The minimum Gasteiger partial charge on any atom is -0.483 e. The van der Waals surface area contributed by atoms with Gasteiger partial charge in [-0.3, -0.25) is 9.59 Å². The van der Waals surface area contributed by atoms with Crippen LogP contribution in [-0.2, 0) is 16.0 Å². The van der Waals surface area contributed by atoms with Gasteiger partial charge in [0.15, 0.2) is 13.2 Å². The highest BCUT2D eigenvalue weighted by molar-refractivity contribution is 5.99. The maximum Gasteiger partial charge on any atom is 0.265 e. The van der Waals surface area contributed by atoms with Crippen LogP contribution in [0.5, 0.6) is 11.5 Å². The summed E-state index contributed by atoms with van der Waals surface area (Å²) in [5, 5.41) is 2.86. The average molecular weight is 445 g/mol. The van der Waals surface area contributed by atoms with Crippen molar-refractivity contribution in [2.24, 2.45) is 0 Å². The lowest BCUT2D eigenvalue weighted by atomic mass is 10.1. The number of nitrogens with zero attached hydrogens (tertiary/aromatic N) is 1. The van der Waals surface area contributed by atoms with Gasteiger partial charge in [0.2, 0.25) is 0 Å². The summed E-state index contributed by atoms with van der Waals surface area (Å²) in [7, 11) is 0. The molecule has 6 heteroatoms. The van der Waals surface area contributed by atoms with Crippen LogP contribution in [0.15, 0.2) is 66.7 Å². The molecule has 4 rings (SSSR count). The second-order valence-electron chi connectivity index (χ2n) is 8.21. The van der Waals surface area contributed by atoms with E-state index in [2.05, 4.69) is 17.4 Å². The highest BCUT2D eigenvalue weighted by Crippen LogP contribution is 2.34. The molecule has 0 unspecified atom stereocenters. The van der Waals surface area contributed by atoms with E-state index in [9.17, 15) is 9.59 Å². The Morgan fingerprint density at radius 2 is 1.88 bits per heavy atom. The molecule has 0 radical (unpaired) electrons. The second kappa shape index (κ2) is 10.2. The van der Waals surface area contributed by atoms with Gasteiger partial charge >= 0.3 is 0 Å². The van der Waals surface area contributed by atoms with Crippen LogP contribution >= 0.6 is 0 Å². The Morgan fingerprint density at radius 1 is 1.06 bits per heavy atom. The number of hydrogen-bond acceptors (Lipinski definition) is 4. The zero-order valence-corrected chi connectivity index (χ0v) is 19.0. The SMILES string of the molecule is Cc1ccc(C)c(OCC(=O)Nc2ccc3c(c2)N(CCCc2ccccc2)C(=O)CO3)c1. The summed E-state index contributed by atoms with van der Waals surface area (Å²) in [5.41, 5.74) is 4.55. The minimum atomic E-state index is -0.269. The minimum absolute atomic E-state index is 0.0216. The fourth-order valence-electron chi connectivity index (χ4n) is 3.81. The van der Waals surface area contributed by atoms with E-state index in [-0.39, 0.29) is 25.0 Å². The summed E-state index contributed by atoms with van der Waals surface area (Å²) in [6.45, 7) is 4.43. The Bertz CT molecular complexity index is 1140. The first kappa shape index (κ1) is 22.4. The molecule has 170 valence electrons. The molecule has 0 aromatic heterocycles.